The van der Waals surface area contributed by atoms with E-state index in [1.165, 1.54) is 23.5 Å². The number of H-pyrrole nitrogens is 1. The van der Waals surface area contributed by atoms with Crippen LogP contribution in [-0.4, -0.2) is 46.9 Å². The molecule has 2 aromatic heterocycles. The predicted octanol–water partition coefficient (Wildman–Crippen LogP) is 3.21. The van der Waals surface area contributed by atoms with Gasteiger partial charge >= 0.3 is 0 Å². The third-order valence-corrected chi connectivity index (χ3v) is 6.38. The van der Waals surface area contributed by atoms with Crippen LogP contribution in [0.1, 0.15) is 32.0 Å². The minimum Gasteiger partial charge on any atom is -0.508 e. The van der Waals surface area contributed by atoms with Gasteiger partial charge in [-0.15, -0.1) is 11.3 Å². The summed E-state index contributed by atoms with van der Waals surface area (Å²) in [6.07, 6.45) is 2.70. The first-order valence-electron chi connectivity index (χ1n) is 11.3. The lowest BCUT2D eigenvalue weighted by Gasteiger charge is -2.18. The average molecular weight is 491 g/mol. The number of aromatic nitrogens is 1. The molecule has 2 aromatic carbocycles. The van der Waals surface area contributed by atoms with E-state index in [0.717, 1.165) is 16.5 Å². The molecule has 8 nitrogen and oxygen atoms in total. The number of hydrogen-bond donors (Lipinski definition) is 5. The molecule has 0 aliphatic carbocycles. The molecule has 1 atom stereocenters. The van der Waals surface area contributed by atoms with Crippen LogP contribution >= 0.6 is 11.3 Å². The van der Waals surface area contributed by atoms with Crippen LogP contribution in [0.4, 0.5) is 0 Å². The zero-order valence-corrected chi connectivity index (χ0v) is 19.7. The van der Waals surface area contributed by atoms with E-state index in [9.17, 15) is 19.5 Å². The molecule has 4 rings (SSSR count). The first-order chi connectivity index (χ1) is 17.0. The summed E-state index contributed by atoms with van der Waals surface area (Å²) >= 11 is 1.32. The van der Waals surface area contributed by atoms with Crippen molar-refractivity contribution >= 4 is 40.0 Å². The number of hydrogen-bond acceptors (Lipinski definition) is 5. The second-order valence-corrected chi connectivity index (χ2v) is 8.97. The third kappa shape index (κ3) is 6.27. The van der Waals surface area contributed by atoms with Crippen LogP contribution in [0.3, 0.4) is 0 Å². The zero-order valence-electron chi connectivity index (χ0n) is 18.9. The van der Waals surface area contributed by atoms with E-state index in [1.54, 1.807) is 24.3 Å². The second kappa shape index (κ2) is 11.3. The molecule has 2 heterocycles. The van der Waals surface area contributed by atoms with Crippen molar-refractivity contribution in [3.05, 3.63) is 88.2 Å². The maximum absolute atomic E-state index is 13.0. The van der Waals surface area contributed by atoms with Gasteiger partial charge < -0.3 is 26.0 Å². The van der Waals surface area contributed by atoms with Gasteiger partial charge in [-0.2, -0.15) is 0 Å². The quantitative estimate of drug-likeness (QED) is 0.219. The van der Waals surface area contributed by atoms with Gasteiger partial charge in [-0.25, -0.2) is 0 Å². The molecule has 0 bridgehead atoms. The fraction of sp³-hybridized carbons (Fsp3) is 0.192. The zero-order chi connectivity index (χ0) is 24.6. The van der Waals surface area contributed by atoms with E-state index < -0.39 is 6.04 Å². The Morgan fingerprint density at radius 3 is 2.57 bits per heavy atom. The smallest absolute Gasteiger partial charge is 0.262 e. The van der Waals surface area contributed by atoms with Crippen LogP contribution in [0.25, 0.3) is 10.9 Å². The van der Waals surface area contributed by atoms with Gasteiger partial charge in [-0.05, 0) is 47.7 Å². The van der Waals surface area contributed by atoms with Crippen LogP contribution in [-0.2, 0) is 11.2 Å². The number of fused-ring (bicyclic) bond motifs is 1. The van der Waals surface area contributed by atoms with Crippen molar-refractivity contribution in [2.45, 2.75) is 18.9 Å². The van der Waals surface area contributed by atoms with Crippen molar-refractivity contribution in [3.63, 3.8) is 0 Å². The van der Waals surface area contributed by atoms with E-state index in [-0.39, 0.29) is 23.5 Å². The second-order valence-electron chi connectivity index (χ2n) is 8.02. The number of carbonyl (C=O) groups excluding carboxylic acids is 3. The van der Waals surface area contributed by atoms with E-state index in [4.69, 9.17) is 0 Å². The van der Waals surface area contributed by atoms with Gasteiger partial charge in [-0.1, -0.05) is 30.3 Å². The predicted molar refractivity (Wildman–Crippen MR) is 136 cm³/mol. The number of thiophene rings is 1. The van der Waals surface area contributed by atoms with Crippen LogP contribution in [0, 0.1) is 0 Å². The van der Waals surface area contributed by atoms with Gasteiger partial charge in [0.25, 0.3) is 11.8 Å². The average Bonchev–Trinajstić information content (AvgIpc) is 3.54. The Morgan fingerprint density at radius 1 is 0.943 bits per heavy atom. The van der Waals surface area contributed by atoms with Crippen LogP contribution < -0.4 is 16.0 Å². The molecule has 0 saturated heterocycles. The molecule has 35 heavy (non-hydrogen) atoms. The van der Waals surface area contributed by atoms with Crippen LogP contribution in [0.5, 0.6) is 5.75 Å². The lowest BCUT2D eigenvalue weighted by molar-refractivity contribution is -0.122. The molecule has 0 fully saturated rings. The Kier molecular flexibility index (Phi) is 7.79. The third-order valence-electron chi connectivity index (χ3n) is 5.51. The standard InChI is InChI=1S/C26H26N4O4S/c31-19-7-3-6-17(14-19)24(32)27-11-5-12-28-25(33)22(30-26(34)23-10-4-13-35-23)15-18-16-29-21-9-2-1-8-20(18)21/h1-4,6-10,13-14,16,22,29,31H,5,11-12,15H2,(H,27,32)(H,28,33)(H,30,34). The van der Waals surface area contributed by atoms with Gasteiger partial charge in [0.1, 0.15) is 11.8 Å². The Labute approximate surface area is 206 Å². The molecule has 0 aliphatic heterocycles. The van der Waals surface area contributed by atoms with E-state index >= 15 is 0 Å². The van der Waals surface area contributed by atoms with Crippen molar-refractivity contribution < 1.29 is 19.5 Å². The van der Waals surface area contributed by atoms with Crippen LogP contribution in [0.2, 0.25) is 0 Å². The number of para-hydroxylation sites is 1. The van der Waals surface area contributed by atoms with Gasteiger partial charge in [0.15, 0.2) is 0 Å². The summed E-state index contributed by atoms with van der Waals surface area (Å²) in [7, 11) is 0. The maximum atomic E-state index is 13.0. The summed E-state index contributed by atoms with van der Waals surface area (Å²) in [5, 5.41) is 20.8. The summed E-state index contributed by atoms with van der Waals surface area (Å²) in [5.74, 6) is -0.860. The maximum Gasteiger partial charge on any atom is 0.262 e. The van der Waals surface area contributed by atoms with E-state index in [2.05, 4.69) is 20.9 Å². The number of aromatic hydroxyl groups is 1. The number of aromatic amines is 1. The Balaban J connectivity index is 1.34. The summed E-state index contributed by atoms with van der Waals surface area (Å²) in [5.41, 5.74) is 2.27. The highest BCUT2D eigenvalue weighted by molar-refractivity contribution is 7.12. The molecule has 4 aromatic rings. The SMILES string of the molecule is O=C(NCCCNC(=O)C(Cc1c[nH]c2ccccc12)NC(=O)c1cccs1)c1cccc(O)c1. The number of phenols is 1. The minimum absolute atomic E-state index is 0.0238. The fourth-order valence-corrected chi connectivity index (χ4v) is 4.37. The van der Waals surface area contributed by atoms with Crippen molar-refractivity contribution in [1.29, 1.82) is 0 Å². The molecule has 5 N–H and O–H groups in total. The fourth-order valence-electron chi connectivity index (χ4n) is 3.74. The number of carbonyl (C=O) groups is 3. The molecular formula is C26H26N4O4S. The van der Waals surface area contributed by atoms with Crippen molar-refractivity contribution in [3.8, 4) is 5.75 Å². The lowest BCUT2D eigenvalue weighted by atomic mass is 10.0. The first-order valence-corrected chi connectivity index (χ1v) is 12.1. The molecular weight excluding hydrogens is 464 g/mol. The summed E-state index contributed by atoms with van der Waals surface area (Å²) in [6, 6.07) is 16.7. The molecule has 0 aliphatic rings. The molecule has 3 amide bonds. The van der Waals surface area contributed by atoms with Crippen LogP contribution in [0.15, 0.2) is 72.2 Å². The Hall–Kier alpha value is -4.11. The molecule has 180 valence electrons. The van der Waals surface area contributed by atoms with Gasteiger partial charge in [0.05, 0.1) is 4.88 Å². The van der Waals surface area contributed by atoms with Gasteiger partial charge in [0, 0.05) is 42.2 Å². The number of nitrogens with one attached hydrogen (secondary N) is 4. The van der Waals surface area contributed by atoms with Gasteiger partial charge in [0.2, 0.25) is 5.91 Å². The number of phenolic OH excluding ortho intramolecular Hbond substituents is 1. The molecule has 0 radical (unpaired) electrons. The lowest BCUT2D eigenvalue weighted by Crippen LogP contribution is -2.48. The van der Waals surface area contributed by atoms with E-state index in [1.807, 2.05) is 35.8 Å². The minimum atomic E-state index is -0.759. The molecule has 0 saturated carbocycles. The number of amides is 3. The molecule has 0 spiro atoms. The molecule has 1 unspecified atom stereocenters. The molecule has 9 heteroatoms. The first kappa shape index (κ1) is 24.0. The van der Waals surface area contributed by atoms with Crippen molar-refractivity contribution in [2.24, 2.45) is 0 Å². The monoisotopic (exact) mass is 490 g/mol. The van der Waals surface area contributed by atoms with E-state index in [0.29, 0.717) is 36.4 Å². The highest BCUT2D eigenvalue weighted by Crippen LogP contribution is 2.19. The number of benzene rings is 2. The van der Waals surface area contributed by atoms with Crippen molar-refractivity contribution in [1.82, 2.24) is 20.9 Å². The summed E-state index contributed by atoms with van der Waals surface area (Å²) in [6.45, 7) is 0.682. The Bertz CT molecular complexity index is 1320. The Morgan fingerprint density at radius 2 is 1.77 bits per heavy atom. The number of rotatable bonds is 10. The highest BCUT2D eigenvalue weighted by atomic mass is 32.1. The normalized spacial score (nSPS) is 11.7. The highest BCUT2D eigenvalue weighted by Gasteiger charge is 2.23. The van der Waals surface area contributed by atoms with Gasteiger partial charge in [-0.3, -0.25) is 14.4 Å². The summed E-state index contributed by atoms with van der Waals surface area (Å²) < 4.78 is 0. The van der Waals surface area contributed by atoms with Crippen molar-refractivity contribution in [2.75, 3.05) is 13.1 Å². The largest absolute Gasteiger partial charge is 0.508 e. The summed E-state index contributed by atoms with van der Waals surface area (Å²) in [4.78, 5) is 41.6. The topological polar surface area (TPSA) is 123 Å².